The van der Waals surface area contributed by atoms with Crippen molar-refractivity contribution in [3.05, 3.63) is 34.9 Å². The summed E-state index contributed by atoms with van der Waals surface area (Å²) in [4.78, 5) is 14.5. The lowest BCUT2D eigenvalue weighted by molar-refractivity contribution is -0.130. The summed E-state index contributed by atoms with van der Waals surface area (Å²) in [5.41, 5.74) is 1.21. The quantitative estimate of drug-likeness (QED) is 0.835. The van der Waals surface area contributed by atoms with Crippen LogP contribution in [0, 0.1) is 0 Å². The van der Waals surface area contributed by atoms with Gasteiger partial charge in [-0.05, 0) is 37.1 Å². The van der Waals surface area contributed by atoms with Gasteiger partial charge in [0, 0.05) is 29.9 Å². The zero-order valence-corrected chi connectivity index (χ0v) is 14.1. The van der Waals surface area contributed by atoms with Crippen molar-refractivity contribution in [2.45, 2.75) is 31.6 Å². The Morgan fingerprint density at radius 2 is 2.19 bits per heavy atom. The molecule has 2 rings (SSSR count). The van der Waals surface area contributed by atoms with Gasteiger partial charge in [0.05, 0.1) is 5.75 Å². The van der Waals surface area contributed by atoms with E-state index in [4.69, 9.17) is 11.6 Å². The molecule has 1 aliphatic heterocycles. The van der Waals surface area contributed by atoms with E-state index in [1.807, 2.05) is 24.3 Å². The molecule has 1 amide bonds. The Hall–Kier alpha value is -0.710. The Kier molecular flexibility index (Phi) is 6.87. The number of rotatable bonds is 7. The van der Waals surface area contributed by atoms with Gasteiger partial charge in [-0.1, -0.05) is 30.7 Å². The second kappa shape index (κ2) is 8.66. The molecule has 1 fully saturated rings. The highest BCUT2D eigenvalue weighted by atomic mass is 35.5. The van der Waals surface area contributed by atoms with E-state index >= 15 is 0 Å². The Bertz CT molecular complexity index is 446. The predicted octanol–water partition coefficient (Wildman–Crippen LogP) is 3.17. The normalized spacial score (nSPS) is 17.9. The van der Waals surface area contributed by atoms with E-state index in [1.54, 1.807) is 11.8 Å². The molecule has 1 unspecified atom stereocenters. The van der Waals surface area contributed by atoms with Crippen LogP contribution in [0.25, 0.3) is 0 Å². The average molecular weight is 327 g/mol. The van der Waals surface area contributed by atoms with E-state index in [0.29, 0.717) is 11.8 Å². The first kappa shape index (κ1) is 16.7. The summed E-state index contributed by atoms with van der Waals surface area (Å²) < 4.78 is 0. The second-order valence-corrected chi connectivity index (χ2v) is 6.78. The van der Waals surface area contributed by atoms with Crippen LogP contribution in [-0.2, 0) is 10.5 Å². The molecule has 1 atom stereocenters. The standard InChI is InChI=1S/C16H23ClN2OS/c1-2-9-19(15-7-8-18-10-15)16(20)12-21-11-13-3-5-14(17)6-4-13/h3-6,15,18H,2,7-12H2,1H3. The molecule has 1 aromatic carbocycles. The van der Waals surface area contributed by atoms with E-state index < -0.39 is 0 Å². The molecule has 1 saturated heterocycles. The van der Waals surface area contributed by atoms with Gasteiger partial charge < -0.3 is 10.2 Å². The molecular weight excluding hydrogens is 304 g/mol. The molecule has 0 spiro atoms. The molecule has 1 N–H and O–H groups in total. The maximum absolute atomic E-state index is 12.4. The van der Waals surface area contributed by atoms with Crippen LogP contribution in [0.1, 0.15) is 25.3 Å². The van der Waals surface area contributed by atoms with E-state index in [9.17, 15) is 4.79 Å². The fourth-order valence-electron chi connectivity index (χ4n) is 2.58. The van der Waals surface area contributed by atoms with Gasteiger partial charge in [-0.2, -0.15) is 0 Å². The van der Waals surface area contributed by atoms with Gasteiger partial charge in [0.25, 0.3) is 0 Å². The zero-order valence-electron chi connectivity index (χ0n) is 12.5. The average Bonchev–Trinajstić information content (AvgIpc) is 3.00. The van der Waals surface area contributed by atoms with Gasteiger partial charge in [0.1, 0.15) is 0 Å². The van der Waals surface area contributed by atoms with Crippen molar-refractivity contribution in [2.75, 3.05) is 25.4 Å². The van der Waals surface area contributed by atoms with Gasteiger partial charge in [-0.15, -0.1) is 11.8 Å². The Morgan fingerprint density at radius 3 is 2.81 bits per heavy atom. The third-order valence-corrected chi connectivity index (χ3v) is 4.91. The summed E-state index contributed by atoms with van der Waals surface area (Å²) in [6.45, 7) is 4.96. The molecular formula is C16H23ClN2OS. The summed E-state index contributed by atoms with van der Waals surface area (Å²) in [6, 6.07) is 8.21. The molecule has 0 saturated carbocycles. The number of benzene rings is 1. The molecule has 1 aliphatic rings. The lowest BCUT2D eigenvalue weighted by Gasteiger charge is -2.28. The SMILES string of the molecule is CCCN(C(=O)CSCc1ccc(Cl)cc1)C1CCNC1. The fraction of sp³-hybridized carbons (Fsp3) is 0.562. The van der Waals surface area contributed by atoms with E-state index in [-0.39, 0.29) is 5.91 Å². The molecule has 1 aromatic rings. The van der Waals surface area contributed by atoms with Crippen LogP contribution in [-0.4, -0.2) is 42.2 Å². The molecule has 116 valence electrons. The van der Waals surface area contributed by atoms with E-state index in [2.05, 4.69) is 17.1 Å². The van der Waals surface area contributed by atoms with Crippen LogP contribution in [0.3, 0.4) is 0 Å². The number of thioether (sulfide) groups is 1. The van der Waals surface area contributed by atoms with Crippen molar-refractivity contribution >= 4 is 29.3 Å². The van der Waals surface area contributed by atoms with Crippen molar-refractivity contribution in [3.8, 4) is 0 Å². The minimum Gasteiger partial charge on any atom is -0.338 e. The summed E-state index contributed by atoms with van der Waals surface area (Å²) in [5, 5.41) is 4.09. The van der Waals surface area contributed by atoms with Crippen LogP contribution in [0.5, 0.6) is 0 Å². The topological polar surface area (TPSA) is 32.3 Å². The first-order valence-electron chi connectivity index (χ1n) is 7.53. The largest absolute Gasteiger partial charge is 0.338 e. The Morgan fingerprint density at radius 1 is 1.43 bits per heavy atom. The van der Waals surface area contributed by atoms with Crippen LogP contribution in [0.4, 0.5) is 0 Å². The Labute approximate surface area is 136 Å². The molecule has 0 bridgehead atoms. The summed E-state index contributed by atoms with van der Waals surface area (Å²) in [6.07, 6.45) is 2.09. The minimum atomic E-state index is 0.268. The van der Waals surface area contributed by atoms with Crippen LogP contribution < -0.4 is 5.32 Å². The fourth-order valence-corrected chi connectivity index (χ4v) is 3.57. The zero-order chi connectivity index (χ0) is 15.1. The van der Waals surface area contributed by atoms with Crippen molar-refractivity contribution in [2.24, 2.45) is 0 Å². The number of nitrogens with zero attached hydrogens (tertiary/aromatic N) is 1. The Balaban J connectivity index is 1.79. The summed E-state index contributed by atoms with van der Waals surface area (Å²) >= 11 is 7.55. The van der Waals surface area contributed by atoms with Crippen molar-refractivity contribution < 1.29 is 4.79 Å². The highest BCUT2D eigenvalue weighted by Gasteiger charge is 2.25. The molecule has 3 nitrogen and oxygen atoms in total. The number of hydrogen-bond donors (Lipinski definition) is 1. The van der Waals surface area contributed by atoms with E-state index in [1.165, 1.54) is 5.56 Å². The van der Waals surface area contributed by atoms with Crippen LogP contribution in [0.2, 0.25) is 5.02 Å². The van der Waals surface area contributed by atoms with Crippen LogP contribution in [0.15, 0.2) is 24.3 Å². The first-order chi connectivity index (χ1) is 10.2. The summed E-state index contributed by atoms with van der Waals surface area (Å²) in [7, 11) is 0. The monoisotopic (exact) mass is 326 g/mol. The van der Waals surface area contributed by atoms with Crippen molar-refractivity contribution in [3.63, 3.8) is 0 Å². The minimum absolute atomic E-state index is 0.268. The maximum atomic E-state index is 12.4. The first-order valence-corrected chi connectivity index (χ1v) is 9.06. The van der Waals surface area contributed by atoms with Gasteiger partial charge in [-0.25, -0.2) is 0 Å². The van der Waals surface area contributed by atoms with Gasteiger partial charge in [0.2, 0.25) is 5.91 Å². The lowest BCUT2D eigenvalue weighted by Crippen LogP contribution is -2.43. The number of carbonyl (C=O) groups is 1. The molecule has 0 radical (unpaired) electrons. The number of amides is 1. The number of nitrogens with one attached hydrogen (secondary N) is 1. The smallest absolute Gasteiger partial charge is 0.232 e. The van der Waals surface area contributed by atoms with Gasteiger partial charge in [0.15, 0.2) is 0 Å². The third kappa shape index (κ3) is 5.20. The van der Waals surface area contributed by atoms with Gasteiger partial charge in [-0.3, -0.25) is 4.79 Å². The molecule has 5 heteroatoms. The lowest BCUT2D eigenvalue weighted by atomic mass is 10.2. The third-order valence-electron chi connectivity index (χ3n) is 3.67. The number of carbonyl (C=O) groups excluding carboxylic acids is 1. The maximum Gasteiger partial charge on any atom is 0.232 e. The van der Waals surface area contributed by atoms with Crippen molar-refractivity contribution in [1.82, 2.24) is 10.2 Å². The number of halogens is 1. The van der Waals surface area contributed by atoms with Crippen LogP contribution >= 0.6 is 23.4 Å². The van der Waals surface area contributed by atoms with Gasteiger partial charge >= 0.3 is 0 Å². The van der Waals surface area contributed by atoms with E-state index in [0.717, 1.165) is 43.3 Å². The molecule has 1 heterocycles. The second-order valence-electron chi connectivity index (χ2n) is 5.35. The number of hydrogen-bond acceptors (Lipinski definition) is 3. The van der Waals surface area contributed by atoms with Crippen molar-refractivity contribution in [1.29, 1.82) is 0 Å². The highest BCUT2D eigenvalue weighted by molar-refractivity contribution is 7.99. The highest BCUT2D eigenvalue weighted by Crippen LogP contribution is 2.17. The molecule has 21 heavy (non-hydrogen) atoms. The predicted molar refractivity (Wildman–Crippen MR) is 90.9 cm³/mol. The molecule has 0 aliphatic carbocycles. The molecule has 0 aromatic heterocycles. The summed E-state index contributed by atoms with van der Waals surface area (Å²) in [5.74, 6) is 1.68.